The summed E-state index contributed by atoms with van der Waals surface area (Å²) in [6, 6.07) is 5.01. The molecule has 0 spiro atoms. The first-order chi connectivity index (χ1) is 9.95. The topological polar surface area (TPSA) is 108 Å². The Kier molecular flexibility index (Phi) is 3.22. The van der Waals surface area contributed by atoms with Gasteiger partial charge in [0.15, 0.2) is 5.82 Å². The summed E-state index contributed by atoms with van der Waals surface area (Å²) in [5.41, 5.74) is 1.65. The quantitative estimate of drug-likeness (QED) is 0.849. The van der Waals surface area contributed by atoms with Crippen molar-refractivity contribution >= 4 is 21.7 Å². The molecular weight excluding hydrogens is 294 g/mol. The maximum atomic E-state index is 12.0. The fraction of sp³-hybridized carbons (Fsp3) is 0.250. The number of aromatic amines is 1. The molecule has 0 aromatic carbocycles. The number of aromatic nitrogens is 3. The SMILES string of the molecule is CS(=O)(=O)N1Cc2[nH]nc(NC(=O)c3ccccn3)c2C1. The minimum Gasteiger partial charge on any atom is -0.303 e. The van der Waals surface area contributed by atoms with Crippen molar-refractivity contribution < 1.29 is 13.2 Å². The molecule has 9 heteroatoms. The predicted octanol–water partition coefficient (Wildman–Crippen LogP) is 0.332. The molecule has 1 aliphatic heterocycles. The van der Waals surface area contributed by atoms with Crippen LogP contribution < -0.4 is 5.32 Å². The van der Waals surface area contributed by atoms with Crippen molar-refractivity contribution in [2.24, 2.45) is 0 Å². The summed E-state index contributed by atoms with van der Waals surface area (Å²) in [7, 11) is -3.28. The Morgan fingerprint density at radius 1 is 1.38 bits per heavy atom. The molecule has 2 aromatic rings. The lowest BCUT2D eigenvalue weighted by molar-refractivity contribution is 0.102. The Hall–Kier alpha value is -2.26. The molecule has 0 atom stereocenters. The highest BCUT2D eigenvalue weighted by atomic mass is 32.2. The smallest absolute Gasteiger partial charge is 0.275 e. The standard InChI is InChI=1S/C12H13N5O3S/c1-21(19,20)17-6-8-10(7-17)15-16-11(8)14-12(18)9-4-2-3-5-13-9/h2-5H,6-7H2,1H3,(H2,14,15,16,18). The summed E-state index contributed by atoms with van der Waals surface area (Å²) in [5, 5.41) is 9.41. The largest absolute Gasteiger partial charge is 0.303 e. The third-order valence-corrected chi connectivity index (χ3v) is 4.42. The zero-order valence-electron chi connectivity index (χ0n) is 11.2. The maximum absolute atomic E-state index is 12.0. The second kappa shape index (κ2) is 4.93. The number of carbonyl (C=O) groups is 1. The van der Waals surface area contributed by atoms with E-state index in [2.05, 4.69) is 20.5 Å². The van der Waals surface area contributed by atoms with E-state index in [1.54, 1.807) is 18.2 Å². The van der Waals surface area contributed by atoms with Crippen molar-refractivity contribution in [1.82, 2.24) is 19.5 Å². The average molecular weight is 307 g/mol. The highest BCUT2D eigenvalue weighted by Crippen LogP contribution is 2.28. The van der Waals surface area contributed by atoms with Crippen LogP contribution in [0.3, 0.4) is 0 Å². The number of hydrogen-bond donors (Lipinski definition) is 2. The van der Waals surface area contributed by atoms with E-state index in [0.29, 0.717) is 17.1 Å². The van der Waals surface area contributed by atoms with Crippen LogP contribution in [0, 0.1) is 0 Å². The van der Waals surface area contributed by atoms with Gasteiger partial charge in [-0.1, -0.05) is 6.07 Å². The van der Waals surface area contributed by atoms with Crippen LogP contribution in [0.15, 0.2) is 24.4 Å². The highest BCUT2D eigenvalue weighted by Gasteiger charge is 2.30. The van der Waals surface area contributed by atoms with Gasteiger partial charge < -0.3 is 5.32 Å². The Morgan fingerprint density at radius 3 is 2.86 bits per heavy atom. The molecule has 1 amide bonds. The molecule has 0 bridgehead atoms. The van der Waals surface area contributed by atoms with Crippen molar-refractivity contribution in [1.29, 1.82) is 0 Å². The van der Waals surface area contributed by atoms with Crippen LogP contribution >= 0.6 is 0 Å². The van der Waals surface area contributed by atoms with Gasteiger partial charge in [-0.3, -0.25) is 14.9 Å². The monoisotopic (exact) mass is 307 g/mol. The minimum absolute atomic E-state index is 0.197. The van der Waals surface area contributed by atoms with E-state index in [1.807, 2.05) is 0 Å². The Bertz CT molecular complexity index is 784. The van der Waals surface area contributed by atoms with E-state index in [0.717, 1.165) is 6.26 Å². The van der Waals surface area contributed by atoms with Crippen molar-refractivity contribution in [3.8, 4) is 0 Å². The second-order valence-corrected chi connectivity index (χ2v) is 6.71. The average Bonchev–Trinajstić information content (AvgIpc) is 3.01. The maximum Gasteiger partial charge on any atom is 0.275 e. The Labute approximate surface area is 121 Å². The number of H-pyrrole nitrogens is 1. The summed E-state index contributed by atoms with van der Waals surface area (Å²) >= 11 is 0. The lowest BCUT2D eigenvalue weighted by Crippen LogP contribution is -2.24. The molecular formula is C12H13N5O3S. The molecule has 8 nitrogen and oxygen atoms in total. The molecule has 0 aliphatic carbocycles. The molecule has 2 N–H and O–H groups in total. The fourth-order valence-corrected chi connectivity index (χ4v) is 2.84. The summed E-state index contributed by atoms with van der Waals surface area (Å²) in [5.74, 6) is -0.0468. The summed E-state index contributed by atoms with van der Waals surface area (Å²) in [4.78, 5) is 16.0. The number of fused-ring (bicyclic) bond motifs is 1. The van der Waals surface area contributed by atoms with Gasteiger partial charge in [0, 0.05) is 18.3 Å². The number of carbonyl (C=O) groups excluding carboxylic acids is 1. The van der Waals surface area contributed by atoms with Crippen LogP contribution in [0.4, 0.5) is 5.82 Å². The first kappa shape index (κ1) is 13.7. The number of rotatable bonds is 3. The lowest BCUT2D eigenvalue weighted by Gasteiger charge is -2.11. The summed E-state index contributed by atoms with van der Waals surface area (Å²) < 4.78 is 24.4. The minimum atomic E-state index is -3.28. The number of amides is 1. The van der Waals surface area contributed by atoms with E-state index in [9.17, 15) is 13.2 Å². The van der Waals surface area contributed by atoms with E-state index in [-0.39, 0.29) is 24.7 Å². The molecule has 110 valence electrons. The van der Waals surface area contributed by atoms with Gasteiger partial charge in [0.05, 0.1) is 18.5 Å². The van der Waals surface area contributed by atoms with E-state index >= 15 is 0 Å². The third-order valence-electron chi connectivity index (χ3n) is 3.22. The molecule has 21 heavy (non-hydrogen) atoms. The van der Waals surface area contributed by atoms with Crippen LogP contribution in [0.5, 0.6) is 0 Å². The summed E-state index contributed by atoms with van der Waals surface area (Å²) in [6.07, 6.45) is 2.67. The van der Waals surface area contributed by atoms with Gasteiger partial charge in [0.25, 0.3) is 5.91 Å². The van der Waals surface area contributed by atoms with Gasteiger partial charge in [-0.15, -0.1) is 0 Å². The number of nitrogens with one attached hydrogen (secondary N) is 2. The van der Waals surface area contributed by atoms with Crippen LogP contribution in [0.25, 0.3) is 0 Å². The first-order valence-electron chi connectivity index (χ1n) is 6.19. The molecule has 0 fully saturated rings. The van der Waals surface area contributed by atoms with E-state index in [4.69, 9.17) is 0 Å². The first-order valence-corrected chi connectivity index (χ1v) is 8.03. The van der Waals surface area contributed by atoms with Crippen molar-refractivity contribution in [2.45, 2.75) is 13.1 Å². The van der Waals surface area contributed by atoms with E-state index in [1.165, 1.54) is 10.5 Å². The van der Waals surface area contributed by atoms with Crippen molar-refractivity contribution in [3.05, 3.63) is 41.3 Å². The molecule has 0 radical (unpaired) electrons. The highest BCUT2D eigenvalue weighted by molar-refractivity contribution is 7.88. The molecule has 3 rings (SSSR count). The lowest BCUT2D eigenvalue weighted by atomic mass is 10.2. The molecule has 0 saturated carbocycles. The number of nitrogens with zero attached hydrogens (tertiary/aromatic N) is 3. The van der Waals surface area contributed by atoms with Crippen molar-refractivity contribution in [3.63, 3.8) is 0 Å². The van der Waals surface area contributed by atoms with Crippen LogP contribution in [-0.2, 0) is 23.1 Å². The molecule has 1 aliphatic rings. The van der Waals surface area contributed by atoms with Gasteiger partial charge in [0.1, 0.15) is 5.69 Å². The fourth-order valence-electron chi connectivity index (χ4n) is 2.12. The van der Waals surface area contributed by atoms with Crippen LogP contribution in [0.1, 0.15) is 21.7 Å². The number of hydrogen-bond acceptors (Lipinski definition) is 5. The number of sulfonamides is 1. The third kappa shape index (κ3) is 2.65. The van der Waals surface area contributed by atoms with Gasteiger partial charge in [-0.2, -0.15) is 9.40 Å². The zero-order chi connectivity index (χ0) is 15.0. The number of anilines is 1. The molecule has 2 aromatic heterocycles. The van der Waals surface area contributed by atoms with Gasteiger partial charge in [0.2, 0.25) is 10.0 Å². The molecule has 0 unspecified atom stereocenters. The van der Waals surface area contributed by atoms with Gasteiger partial charge in [-0.25, -0.2) is 8.42 Å². The Morgan fingerprint density at radius 2 is 2.19 bits per heavy atom. The summed E-state index contributed by atoms with van der Waals surface area (Å²) in [6.45, 7) is 0.434. The van der Waals surface area contributed by atoms with E-state index < -0.39 is 10.0 Å². The van der Waals surface area contributed by atoms with Crippen LogP contribution in [0.2, 0.25) is 0 Å². The second-order valence-electron chi connectivity index (χ2n) is 4.73. The van der Waals surface area contributed by atoms with Gasteiger partial charge >= 0.3 is 0 Å². The molecule has 3 heterocycles. The predicted molar refractivity (Wildman–Crippen MR) is 74.9 cm³/mol. The molecule has 0 saturated heterocycles. The van der Waals surface area contributed by atoms with Crippen LogP contribution in [-0.4, -0.2) is 40.1 Å². The zero-order valence-corrected chi connectivity index (χ0v) is 12.0. The Balaban J connectivity index is 1.80. The van der Waals surface area contributed by atoms with Crippen molar-refractivity contribution in [2.75, 3.05) is 11.6 Å². The number of pyridine rings is 1. The normalized spacial score (nSPS) is 14.9. The van der Waals surface area contributed by atoms with Gasteiger partial charge in [-0.05, 0) is 12.1 Å².